The minimum atomic E-state index is -0.400. The molecule has 0 aliphatic rings. The molecule has 0 radical (unpaired) electrons. The quantitative estimate of drug-likeness (QED) is 0.872. The molecule has 4 nitrogen and oxygen atoms in total. The molecule has 2 N–H and O–H groups in total. The first kappa shape index (κ1) is 14.7. The van der Waals surface area contributed by atoms with Gasteiger partial charge in [-0.15, -0.1) is 0 Å². The van der Waals surface area contributed by atoms with Gasteiger partial charge in [0.05, 0.1) is 5.56 Å². The summed E-state index contributed by atoms with van der Waals surface area (Å²) in [5.74, 6) is -0.303. The number of nitrogens with zero attached hydrogens (tertiary/aromatic N) is 1. The van der Waals surface area contributed by atoms with E-state index in [2.05, 4.69) is 31.4 Å². The number of rotatable bonds is 2. The van der Waals surface area contributed by atoms with Crippen LogP contribution in [-0.2, 0) is 5.41 Å². The molecule has 2 aromatic rings. The zero-order valence-electron chi connectivity index (χ0n) is 11.4. The monoisotopic (exact) mass is 339 g/mol. The molecule has 2 rings (SSSR count). The summed E-state index contributed by atoms with van der Waals surface area (Å²) in [5, 5.41) is 9.62. The second-order valence-corrected chi connectivity index (χ2v) is 6.35. The van der Waals surface area contributed by atoms with Crippen molar-refractivity contribution in [2.75, 3.05) is 5.32 Å². The predicted octanol–water partition coefficient (Wildman–Crippen LogP) is 3.86. The van der Waals surface area contributed by atoms with Crippen molar-refractivity contribution in [1.82, 2.24) is 10.2 Å². The number of hydrogen-bond acceptors (Lipinski definition) is 2. The molecule has 1 heterocycles. The summed E-state index contributed by atoms with van der Waals surface area (Å²) >= 11 is 3.17. The van der Waals surface area contributed by atoms with Crippen LogP contribution in [0.15, 0.2) is 28.7 Å². The molecule has 106 valence electrons. The summed E-state index contributed by atoms with van der Waals surface area (Å²) < 4.78 is 13.4. The molecule has 0 aliphatic heterocycles. The second-order valence-electron chi connectivity index (χ2n) is 5.50. The highest BCUT2D eigenvalue weighted by Gasteiger charge is 2.18. The van der Waals surface area contributed by atoms with E-state index < -0.39 is 5.82 Å². The lowest BCUT2D eigenvalue weighted by Gasteiger charge is -2.14. The third-order valence-corrected chi connectivity index (χ3v) is 3.46. The van der Waals surface area contributed by atoms with Crippen molar-refractivity contribution in [1.29, 1.82) is 0 Å². The maximum absolute atomic E-state index is 13.0. The average molecular weight is 340 g/mol. The third-order valence-electron chi connectivity index (χ3n) is 2.80. The first-order chi connectivity index (χ1) is 9.27. The SMILES string of the molecule is CC(C)(C)c1cc(NC(=O)c2ccc(F)cc2Br)n[nH]1. The average Bonchev–Trinajstić information content (AvgIpc) is 2.76. The minimum absolute atomic E-state index is 0.0769. The van der Waals surface area contributed by atoms with E-state index in [9.17, 15) is 9.18 Å². The smallest absolute Gasteiger partial charge is 0.258 e. The first-order valence-electron chi connectivity index (χ1n) is 6.09. The lowest BCUT2D eigenvalue weighted by Crippen LogP contribution is -2.13. The van der Waals surface area contributed by atoms with Gasteiger partial charge in [0, 0.05) is 21.6 Å². The molecule has 1 aromatic carbocycles. The summed E-state index contributed by atoms with van der Waals surface area (Å²) in [6, 6.07) is 5.70. The number of aromatic amines is 1. The third kappa shape index (κ3) is 3.25. The van der Waals surface area contributed by atoms with Crippen LogP contribution in [0.5, 0.6) is 0 Å². The van der Waals surface area contributed by atoms with E-state index in [1.165, 1.54) is 18.2 Å². The standard InChI is InChI=1S/C14H15BrFN3O/c1-14(2,3)11-7-12(19-18-11)17-13(20)9-5-4-8(16)6-10(9)15/h4-7H,1-3H3,(H2,17,18,19,20). The molecular formula is C14H15BrFN3O. The molecule has 0 spiro atoms. The summed E-state index contributed by atoms with van der Waals surface area (Å²) in [5.41, 5.74) is 1.20. The fourth-order valence-corrected chi connectivity index (χ4v) is 2.16. The molecule has 0 bridgehead atoms. The fraction of sp³-hybridized carbons (Fsp3) is 0.286. The van der Waals surface area contributed by atoms with Crippen LogP contribution in [0.25, 0.3) is 0 Å². The van der Waals surface area contributed by atoms with Crippen LogP contribution in [0.4, 0.5) is 10.2 Å². The van der Waals surface area contributed by atoms with Crippen LogP contribution in [0.3, 0.4) is 0 Å². The van der Waals surface area contributed by atoms with E-state index in [1.807, 2.05) is 20.8 Å². The zero-order chi connectivity index (χ0) is 14.9. The Morgan fingerprint density at radius 3 is 2.60 bits per heavy atom. The Hall–Kier alpha value is -1.69. The van der Waals surface area contributed by atoms with Crippen LogP contribution in [-0.4, -0.2) is 16.1 Å². The number of anilines is 1. The van der Waals surface area contributed by atoms with Crippen molar-refractivity contribution < 1.29 is 9.18 Å². The number of halogens is 2. The van der Waals surface area contributed by atoms with Crippen molar-refractivity contribution >= 4 is 27.7 Å². The van der Waals surface area contributed by atoms with Crippen molar-refractivity contribution in [3.8, 4) is 0 Å². The molecule has 0 saturated heterocycles. The van der Waals surface area contributed by atoms with Gasteiger partial charge in [0.15, 0.2) is 5.82 Å². The summed E-state index contributed by atoms with van der Waals surface area (Å²) in [6.45, 7) is 6.13. The number of benzene rings is 1. The van der Waals surface area contributed by atoms with Crippen molar-refractivity contribution in [2.24, 2.45) is 0 Å². The number of H-pyrrole nitrogens is 1. The van der Waals surface area contributed by atoms with Crippen molar-refractivity contribution in [2.45, 2.75) is 26.2 Å². The maximum Gasteiger partial charge on any atom is 0.258 e. The predicted molar refractivity (Wildman–Crippen MR) is 79.3 cm³/mol. The van der Waals surface area contributed by atoms with Gasteiger partial charge in [-0.05, 0) is 34.1 Å². The van der Waals surface area contributed by atoms with Gasteiger partial charge in [0.1, 0.15) is 5.82 Å². The molecule has 1 amide bonds. The van der Waals surface area contributed by atoms with Gasteiger partial charge in [0.2, 0.25) is 0 Å². The van der Waals surface area contributed by atoms with Crippen LogP contribution in [0.1, 0.15) is 36.8 Å². The Morgan fingerprint density at radius 2 is 2.05 bits per heavy atom. The zero-order valence-corrected chi connectivity index (χ0v) is 13.0. The van der Waals surface area contributed by atoms with E-state index >= 15 is 0 Å². The number of carbonyl (C=O) groups excluding carboxylic acids is 1. The van der Waals surface area contributed by atoms with Gasteiger partial charge in [-0.25, -0.2) is 4.39 Å². The maximum atomic E-state index is 13.0. The van der Waals surface area contributed by atoms with Gasteiger partial charge in [-0.2, -0.15) is 5.10 Å². The second kappa shape index (κ2) is 5.36. The summed E-state index contributed by atoms with van der Waals surface area (Å²) in [6.07, 6.45) is 0. The number of nitrogens with one attached hydrogen (secondary N) is 2. The van der Waals surface area contributed by atoms with Gasteiger partial charge in [0.25, 0.3) is 5.91 Å². The van der Waals surface area contributed by atoms with Gasteiger partial charge >= 0.3 is 0 Å². The van der Waals surface area contributed by atoms with Crippen molar-refractivity contribution in [3.63, 3.8) is 0 Å². The molecule has 0 unspecified atom stereocenters. The van der Waals surface area contributed by atoms with Gasteiger partial charge in [-0.3, -0.25) is 9.89 Å². The highest BCUT2D eigenvalue weighted by atomic mass is 79.9. The largest absolute Gasteiger partial charge is 0.305 e. The molecule has 0 atom stereocenters. The van der Waals surface area contributed by atoms with E-state index in [0.29, 0.717) is 15.9 Å². The van der Waals surface area contributed by atoms with E-state index in [1.54, 1.807) is 6.07 Å². The van der Waals surface area contributed by atoms with Crippen LogP contribution < -0.4 is 5.32 Å². The topological polar surface area (TPSA) is 57.8 Å². The molecule has 1 aromatic heterocycles. The highest BCUT2D eigenvalue weighted by molar-refractivity contribution is 9.10. The van der Waals surface area contributed by atoms with Crippen LogP contribution in [0, 0.1) is 5.82 Å². The number of aromatic nitrogens is 2. The lowest BCUT2D eigenvalue weighted by atomic mass is 9.92. The summed E-state index contributed by atoms with van der Waals surface area (Å²) in [7, 11) is 0. The molecule has 0 aliphatic carbocycles. The van der Waals surface area contributed by atoms with Crippen LogP contribution >= 0.6 is 15.9 Å². The number of carbonyl (C=O) groups is 1. The summed E-state index contributed by atoms with van der Waals surface area (Å²) in [4.78, 5) is 12.1. The van der Waals surface area contributed by atoms with Gasteiger partial charge < -0.3 is 5.32 Å². The van der Waals surface area contributed by atoms with Crippen molar-refractivity contribution in [3.05, 3.63) is 45.8 Å². The minimum Gasteiger partial charge on any atom is -0.305 e. The van der Waals surface area contributed by atoms with E-state index in [4.69, 9.17) is 0 Å². The van der Waals surface area contributed by atoms with Gasteiger partial charge in [-0.1, -0.05) is 20.8 Å². The highest BCUT2D eigenvalue weighted by Crippen LogP contribution is 2.23. The Labute approximate surface area is 124 Å². The fourth-order valence-electron chi connectivity index (χ4n) is 1.63. The molecule has 0 fully saturated rings. The first-order valence-corrected chi connectivity index (χ1v) is 6.89. The normalized spacial score (nSPS) is 11.4. The molecule has 20 heavy (non-hydrogen) atoms. The molecular weight excluding hydrogens is 325 g/mol. The Morgan fingerprint density at radius 1 is 1.35 bits per heavy atom. The molecule has 0 saturated carbocycles. The van der Waals surface area contributed by atoms with E-state index in [-0.39, 0.29) is 11.3 Å². The lowest BCUT2D eigenvalue weighted by molar-refractivity contribution is 0.102. The van der Waals surface area contributed by atoms with Crippen LogP contribution in [0.2, 0.25) is 0 Å². The van der Waals surface area contributed by atoms with E-state index in [0.717, 1.165) is 5.69 Å². The molecule has 6 heteroatoms. The number of hydrogen-bond donors (Lipinski definition) is 2. The Balaban J connectivity index is 2.17. The Kier molecular flexibility index (Phi) is 3.94. The Bertz CT molecular complexity index is 646. The number of amides is 1.